The minimum Gasteiger partial charge on any atom is -0.343 e. The van der Waals surface area contributed by atoms with Crippen molar-refractivity contribution in [3.8, 4) is 11.4 Å². The number of hydrogen-bond acceptors (Lipinski definition) is 5. The number of benzene rings is 2. The highest BCUT2D eigenvalue weighted by molar-refractivity contribution is 6.30. The number of halogens is 1. The van der Waals surface area contributed by atoms with Crippen molar-refractivity contribution >= 4 is 29.1 Å². The monoisotopic (exact) mass is 438 g/mol. The van der Waals surface area contributed by atoms with Crippen LogP contribution >= 0.6 is 11.6 Å². The lowest BCUT2D eigenvalue weighted by Crippen LogP contribution is -2.32. The van der Waals surface area contributed by atoms with E-state index in [1.807, 2.05) is 6.92 Å². The van der Waals surface area contributed by atoms with Crippen LogP contribution < -0.4 is 10.6 Å². The molecule has 8 heteroatoms. The van der Waals surface area contributed by atoms with Crippen molar-refractivity contribution in [1.82, 2.24) is 15.5 Å². The highest BCUT2D eigenvalue weighted by Gasteiger charge is 2.23. The second-order valence-electron chi connectivity index (χ2n) is 7.71. The van der Waals surface area contributed by atoms with Gasteiger partial charge >= 0.3 is 0 Å². The third kappa shape index (κ3) is 5.11. The summed E-state index contributed by atoms with van der Waals surface area (Å²) in [6, 6.07) is 12.1. The first-order valence-corrected chi connectivity index (χ1v) is 10.7. The smallest absolute Gasteiger partial charge is 0.251 e. The summed E-state index contributed by atoms with van der Waals surface area (Å²) >= 11 is 5.92. The summed E-state index contributed by atoms with van der Waals surface area (Å²) in [6.45, 7) is 1.71. The Kier molecular flexibility index (Phi) is 6.32. The molecule has 3 aromatic rings. The lowest BCUT2D eigenvalue weighted by molar-refractivity contribution is -0.115. The van der Waals surface area contributed by atoms with Crippen molar-refractivity contribution in [1.29, 1.82) is 0 Å². The first-order chi connectivity index (χ1) is 15.0. The van der Waals surface area contributed by atoms with Crippen LogP contribution in [0.3, 0.4) is 0 Å². The summed E-state index contributed by atoms with van der Waals surface area (Å²) in [6.07, 6.45) is 4.57. The highest BCUT2D eigenvalue weighted by Crippen LogP contribution is 2.33. The molecule has 2 amide bonds. The fourth-order valence-corrected chi connectivity index (χ4v) is 3.91. The topological polar surface area (TPSA) is 97.1 Å². The van der Waals surface area contributed by atoms with Gasteiger partial charge < -0.3 is 15.2 Å². The number of carbonyl (C=O) groups excluding carboxylic acids is 2. The first-order valence-electron chi connectivity index (χ1n) is 10.3. The predicted molar refractivity (Wildman–Crippen MR) is 118 cm³/mol. The molecule has 31 heavy (non-hydrogen) atoms. The quantitative estimate of drug-likeness (QED) is 0.580. The van der Waals surface area contributed by atoms with E-state index in [4.69, 9.17) is 16.1 Å². The summed E-state index contributed by atoms with van der Waals surface area (Å²) in [5.41, 5.74) is 2.73. The van der Waals surface area contributed by atoms with E-state index in [0.717, 1.165) is 24.0 Å². The zero-order valence-electron chi connectivity index (χ0n) is 17.2. The molecule has 2 N–H and O–H groups in total. The maximum absolute atomic E-state index is 12.4. The van der Waals surface area contributed by atoms with Gasteiger partial charge in [0, 0.05) is 27.8 Å². The Labute approximate surface area is 185 Å². The zero-order chi connectivity index (χ0) is 21.8. The molecule has 0 bridgehead atoms. The van der Waals surface area contributed by atoms with Crippen molar-refractivity contribution in [2.45, 2.75) is 38.5 Å². The van der Waals surface area contributed by atoms with Crippen LogP contribution in [0.2, 0.25) is 5.02 Å². The van der Waals surface area contributed by atoms with Crippen molar-refractivity contribution in [2.75, 3.05) is 11.9 Å². The van der Waals surface area contributed by atoms with Gasteiger partial charge in [0.05, 0.1) is 6.54 Å². The molecule has 1 heterocycles. The van der Waals surface area contributed by atoms with Crippen LogP contribution in [0.15, 0.2) is 47.0 Å². The number of rotatable bonds is 6. The Hall–Kier alpha value is -3.19. The molecule has 0 atom stereocenters. The second kappa shape index (κ2) is 9.31. The van der Waals surface area contributed by atoms with Crippen LogP contribution in [0.25, 0.3) is 11.4 Å². The number of anilines is 1. The molecule has 0 unspecified atom stereocenters. The summed E-state index contributed by atoms with van der Waals surface area (Å²) < 4.78 is 5.42. The molecule has 1 saturated carbocycles. The maximum atomic E-state index is 12.4. The van der Waals surface area contributed by atoms with E-state index < -0.39 is 0 Å². The van der Waals surface area contributed by atoms with Crippen LogP contribution in [0.4, 0.5) is 5.69 Å². The number of aryl methyl sites for hydroxylation is 1. The Morgan fingerprint density at radius 3 is 2.58 bits per heavy atom. The molecule has 1 aliphatic rings. The maximum Gasteiger partial charge on any atom is 0.251 e. The third-order valence-electron chi connectivity index (χ3n) is 5.42. The Morgan fingerprint density at radius 2 is 1.87 bits per heavy atom. The Morgan fingerprint density at radius 1 is 1.13 bits per heavy atom. The first kappa shape index (κ1) is 21.1. The van der Waals surface area contributed by atoms with Crippen LogP contribution in [0, 0.1) is 6.92 Å². The fourth-order valence-electron chi connectivity index (χ4n) is 3.69. The Bertz CT molecular complexity index is 1090. The van der Waals surface area contributed by atoms with Gasteiger partial charge in [-0.15, -0.1) is 0 Å². The summed E-state index contributed by atoms with van der Waals surface area (Å²) in [5.74, 6) is 0.910. The van der Waals surface area contributed by atoms with E-state index in [-0.39, 0.29) is 18.4 Å². The van der Waals surface area contributed by atoms with E-state index >= 15 is 0 Å². The second-order valence-corrected chi connectivity index (χ2v) is 8.14. The number of amides is 2. The van der Waals surface area contributed by atoms with Gasteiger partial charge in [-0.3, -0.25) is 9.59 Å². The zero-order valence-corrected chi connectivity index (χ0v) is 17.9. The summed E-state index contributed by atoms with van der Waals surface area (Å²) in [5, 5.41) is 10.1. The van der Waals surface area contributed by atoms with Gasteiger partial charge in [0.1, 0.15) is 0 Å². The molecule has 0 radical (unpaired) electrons. The molecular formula is C23H23ClN4O3. The van der Waals surface area contributed by atoms with E-state index in [9.17, 15) is 9.59 Å². The predicted octanol–water partition coefficient (Wildman–Crippen LogP) is 4.72. The van der Waals surface area contributed by atoms with Gasteiger partial charge in [0.2, 0.25) is 17.6 Å². The van der Waals surface area contributed by atoms with Gasteiger partial charge in [-0.25, -0.2) is 0 Å². The molecule has 7 nitrogen and oxygen atoms in total. The van der Waals surface area contributed by atoms with Crippen LogP contribution in [-0.4, -0.2) is 28.5 Å². The van der Waals surface area contributed by atoms with E-state index in [0.29, 0.717) is 33.9 Å². The minimum absolute atomic E-state index is 0.141. The SMILES string of the molecule is Cc1cc(Cl)ccc1NC(=O)CNC(=O)c1ccc(-c2noc(C3CCCC3)n2)cc1. The number of nitrogens with zero attached hydrogens (tertiary/aromatic N) is 2. The molecule has 1 aliphatic carbocycles. The van der Waals surface area contributed by atoms with E-state index in [1.165, 1.54) is 12.8 Å². The van der Waals surface area contributed by atoms with Crippen molar-refractivity contribution < 1.29 is 14.1 Å². The molecule has 1 aromatic heterocycles. The number of nitrogens with one attached hydrogen (secondary N) is 2. The number of aromatic nitrogens is 2. The normalized spacial score (nSPS) is 13.9. The van der Waals surface area contributed by atoms with Gasteiger partial charge in [0.25, 0.3) is 5.91 Å². The average Bonchev–Trinajstić information content (AvgIpc) is 3.46. The largest absolute Gasteiger partial charge is 0.343 e. The highest BCUT2D eigenvalue weighted by atomic mass is 35.5. The van der Waals surface area contributed by atoms with Gasteiger partial charge in [-0.2, -0.15) is 4.98 Å². The van der Waals surface area contributed by atoms with Crippen LogP contribution in [0.1, 0.15) is 53.4 Å². The number of hydrogen-bond donors (Lipinski definition) is 2. The molecule has 0 spiro atoms. The van der Waals surface area contributed by atoms with E-state index in [2.05, 4.69) is 20.8 Å². The lowest BCUT2D eigenvalue weighted by Gasteiger charge is -2.09. The fraction of sp³-hybridized carbons (Fsp3) is 0.304. The van der Waals surface area contributed by atoms with Crippen molar-refractivity contribution in [2.24, 2.45) is 0 Å². The third-order valence-corrected chi connectivity index (χ3v) is 5.66. The molecular weight excluding hydrogens is 416 g/mol. The molecule has 2 aromatic carbocycles. The minimum atomic E-state index is -0.339. The molecule has 160 valence electrons. The Balaban J connectivity index is 1.32. The van der Waals surface area contributed by atoms with Gasteiger partial charge in [-0.1, -0.05) is 41.7 Å². The summed E-state index contributed by atoms with van der Waals surface area (Å²) in [4.78, 5) is 29.0. The van der Waals surface area contributed by atoms with Gasteiger partial charge in [0.15, 0.2) is 0 Å². The van der Waals surface area contributed by atoms with Crippen molar-refractivity contribution in [3.63, 3.8) is 0 Å². The van der Waals surface area contributed by atoms with Gasteiger partial charge in [-0.05, 0) is 55.7 Å². The van der Waals surface area contributed by atoms with Crippen LogP contribution in [-0.2, 0) is 4.79 Å². The number of carbonyl (C=O) groups is 2. The van der Waals surface area contributed by atoms with Crippen LogP contribution in [0.5, 0.6) is 0 Å². The molecule has 0 saturated heterocycles. The lowest BCUT2D eigenvalue weighted by atomic mass is 10.1. The van der Waals surface area contributed by atoms with Crippen molar-refractivity contribution in [3.05, 3.63) is 64.5 Å². The molecule has 0 aliphatic heterocycles. The molecule has 1 fully saturated rings. The van der Waals surface area contributed by atoms with E-state index in [1.54, 1.807) is 42.5 Å². The standard InChI is InChI=1S/C23H23ClN4O3/c1-14-12-18(24)10-11-19(14)26-20(29)13-25-22(30)16-8-6-15(7-9-16)21-27-23(31-28-21)17-4-2-3-5-17/h6-12,17H,2-5,13H2,1H3,(H,25,30)(H,26,29). The average molecular weight is 439 g/mol. The molecule has 4 rings (SSSR count). The summed E-state index contributed by atoms with van der Waals surface area (Å²) in [7, 11) is 0.